The van der Waals surface area contributed by atoms with Crippen LogP contribution in [0, 0.1) is 6.92 Å². The average molecular weight is 426 g/mol. The molecular weight excluding hydrogens is 406 g/mol. The lowest BCUT2D eigenvalue weighted by molar-refractivity contribution is -0.113. The Labute approximate surface area is 175 Å². The third kappa shape index (κ3) is 3.96. The zero-order valence-electron chi connectivity index (χ0n) is 16.2. The highest BCUT2D eigenvalue weighted by molar-refractivity contribution is 7.99. The number of nitrogens with zero attached hydrogens (tertiary/aromatic N) is 4. The van der Waals surface area contributed by atoms with Crippen LogP contribution in [0.2, 0.25) is 0 Å². The molecule has 0 aliphatic rings. The summed E-state index contributed by atoms with van der Waals surface area (Å²) in [5.74, 6) is 0.604. The second kappa shape index (κ2) is 7.84. The van der Waals surface area contributed by atoms with Crippen LogP contribution >= 0.6 is 23.1 Å². The number of rotatable bonds is 5. The number of amides is 1. The van der Waals surface area contributed by atoms with Gasteiger partial charge < -0.3 is 5.32 Å². The molecule has 29 heavy (non-hydrogen) atoms. The van der Waals surface area contributed by atoms with Crippen molar-refractivity contribution in [2.24, 2.45) is 14.1 Å². The van der Waals surface area contributed by atoms with Crippen molar-refractivity contribution in [3.8, 4) is 10.4 Å². The fraction of sp³-hybridized carbons (Fsp3) is 0.200. The van der Waals surface area contributed by atoms with Crippen molar-refractivity contribution < 1.29 is 4.79 Å². The van der Waals surface area contributed by atoms with E-state index in [1.807, 2.05) is 43.3 Å². The highest BCUT2D eigenvalue weighted by Crippen LogP contribution is 2.31. The summed E-state index contributed by atoms with van der Waals surface area (Å²) < 4.78 is 3.12. The van der Waals surface area contributed by atoms with Gasteiger partial charge in [0.05, 0.1) is 16.8 Å². The van der Waals surface area contributed by atoms with Gasteiger partial charge in [-0.2, -0.15) is 5.10 Å². The maximum Gasteiger partial charge on any atom is 0.262 e. The van der Waals surface area contributed by atoms with Gasteiger partial charge in [0.25, 0.3) is 5.56 Å². The molecular formula is C20H19N5O2S2. The second-order valence-electron chi connectivity index (χ2n) is 6.59. The molecule has 0 bridgehead atoms. The summed E-state index contributed by atoms with van der Waals surface area (Å²) in [7, 11) is 3.45. The molecule has 1 amide bonds. The number of thioether (sulfide) groups is 1. The lowest BCUT2D eigenvalue weighted by Gasteiger charge is -2.07. The molecule has 0 saturated heterocycles. The van der Waals surface area contributed by atoms with Crippen molar-refractivity contribution in [3.05, 3.63) is 58.5 Å². The summed E-state index contributed by atoms with van der Waals surface area (Å²) in [5, 5.41) is 8.14. The number of aromatic nitrogens is 4. The summed E-state index contributed by atoms with van der Waals surface area (Å²) in [4.78, 5) is 31.4. The number of aryl methyl sites for hydroxylation is 2. The van der Waals surface area contributed by atoms with Crippen molar-refractivity contribution >= 4 is 45.0 Å². The van der Waals surface area contributed by atoms with E-state index in [9.17, 15) is 9.59 Å². The van der Waals surface area contributed by atoms with Crippen LogP contribution in [-0.2, 0) is 18.9 Å². The van der Waals surface area contributed by atoms with Gasteiger partial charge >= 0.3 is 0 Å². The van der Waals surface area contributed by atoms with E-state index in [0.717, 1.165) is 16.1 Å². The number of carbonyl (C=O) groups is 1. The van der Waals surface area contributed by atoms with Crippen molar-refractivity contribution in [3.63, 3.8) is 0 Å². The average Bonchev–Trinajstić information content (AvgIpc) is 3.27. The predicted octanol–water partition coefficient (Wildman–Crippen LogP) is 3.43. The van der Waals surface area contributed by atoms with Crippen molar-refractivity contribution in [2.75, 3.05) is 11.1 Å². The van der Waals surface area contributed by atoms with Crippen LogP contribution in [0.1, 0.15) is 5.69 Å². The fourth-order valence-corrected chi connectivity index (χ4v) is 4.81. The molecule has 0 unspecified atom stereocenters. The van der Waals surface area contributed by atoms with Crippen LogP contribution in [0.3, 0.4) is 0 Å². The van der Waals surface area contributed by atoms with Gasteiger partial charge in [-0.25, -0.2) is 4.98 Å². The van der Waals surface area contributed by atoms with Gasteiger partial charge in [-0.15, -0.1) is 11.3 Å². The molecule has 0 aliphatic heterocycles. The van der Waals surface area contributed by atoms with E-state index in [0.29, 0.717) is 21.2 Å². The van der Waals surface area contributed by atoms with E-state index < -0.39 is 0 Å². The molecule has 9 heteroatoms. The third-order valence-corrected chi connectivity index (χ3v) is 6.50. The highest BCUT2D eigenvalue weighted by Gasteiger charge is 2.15. The minimum atomic E-state index is -0.177. The topological polar surface area (TPSA) is 81.8 Å². The molecule has 7 nitrogen and oxygen atoms in total. The minimum Gasteiger partial charge on any atom is -0.310 e. The van der Waals surface area contributed by atoms with Gasteiger partial charge in [-0.05, 0) is 18.6 Å². The van der Waals surface area contributed by atoms with E-state index in [4.69, 9.17) is 0 Å². The van der Waals surface area contributed by atoms with Gasteiger partial charge in [0.1, 0.15) is 10.6 Å². The van der Waals surface area contributed by atoms with E-state index in [-0.39, 0.29) is 17.2 Å². The molecule has 0 atom stereocenters. The molecule has 1 aromatic carbocycles. The SMILES string of the molecule is Cc1cc(NC(=O)CSc2nc3sc(-c4ccccc4)cc3c(=O)n2C)n(C)n1. The van der Waals surface area contributed by atoms with E-state index in [1.54, 1.807) is 24.8 Å². The first-order valence-corrected chi connectivity index (χ1v) is 10.7. The van der Waals surface area contributed by atoms with Crippen LogP contribution in [-0.4, -0.2) is 31.0 Å². The molecule has 0 saturated carbocycles. The highest BCUT2D eigenvalue weighted by atomic mass is 32.2. The van der Waals surface area contributed by atoms with Crippen LogP contribution in [0.25, 0.3) is 20.7 Å². The first-order valence-electron chi connectivity index (χ1n) is 8.91. The quantitative estimate of drug-likeness (QED) is 0.391. The number of thiophene rings is 1. The molecule has 4 aromatic rings. The van der Waals surface area contributed by atoms with E-state index in [1.165, 1.54) is 27.7 Å². The van der Waals surface area contributed by atoms with Gasteiger partial charge in [-0.1, -0.05) is 42.1 Å². The Hall–Kier alpha value is -2.91. The third-order valence-electron chi connectivity index (χ3n) is 4.39. The monoisotopic (exact) mass is 425 g/mol. The number of hydrogen-bond donors (Lipinski definition) is 1. The Bertz CT molecular complexity index is 1260. The Kier molecular flexibility index (Phi) is 5.25. The summed E-state index contributed by atoms with van der Waals surface area (Å²) in [5.41, 5.74) is 1.77. The first kappa shape index (κ1) is 19.4. The summed E-state index contributed by atoms with van der Waals surface area (Å²) >= 11 is 2.72. The van der Waals surface area contributed by atoms with E-state index >= 15 is 0 Å². The van der Waals surface area contributed by atoms with Gasteiger partial charge in [0.15, 0.2) is 5.16 Å². The summed E-state index contributed by atoms with van der Waals surface area (Å²) in [6.45, 7) is 1.87. The second-order valence-corrected chi connectivity index (χ2v) is 8.56. The van der Waals surface area contributed by atoms with Crippen molar-refractivity contribution in [1.29, 1.82) is 0 Å². The zero-order valence-corrected chi connectivity index (χ0v) is 17.8. The lowest BCUT2D eigenvalue weighted by atomic mass is 10.2. The Morgan fingerprint density at radius 2 is 1.97 bits per heavy atom. The summed E-state index contributed by atoms with van der Waals surface area (Å²) in [6, 6.07) is 13.6. The number of hydrogen-bond acceptors (Lipinski definition) is 6. The zero-order chi connectivity index (χ0) is 20.5. The minimum absolute atomic E-state index is 0.112. The van der Waals surface area contributed by atoms with Crippen molar-refractivity contribution in [1.82, 2.24) is 19.3 Å². The van der Waals surface area contributed by atoms with Gasteiger partial charge in [-0.3, -0.25) is 18.8 Å². The Balaban J connectivity index is 1.56. The Morgan fingerprint density at radius 1 is 1.21 bits per heavy atom. The predicted molar refractivity (Wildman–Crippen MR) is 118 cm³/mol. The van der Waals surface area contributed by atoms with Crippen molar-refractivity contribution in [2.45, 2.75) is 12.1 Å². The largest absolute Gasteiger partial charge is 0.310 e. The van der Waals surface area contributed by atoms with Crippen LogP contribution < -0.4 is 10.9 Å². The molecule has 3 aromatic heterocycles. The molecule has 148 valence electrons. The normalized spacial score (nSPS) is 11.1. The number of fused-ring (bicyclic) bond motifs is 1. The van der Waals surface area contributed by atoms with Crippen LogP contribution in [0.15, 0.2) is 52.4 Å². The molecule has 0 radical (unpaired) electrons. The lowest BCUT2D eigenvalue weighted by Crippen LogP contribution is -2.21. The maximum absolute atomic E-state index is 12.8. The van der Waals surface area contributed by atoms with Crippen LogP contribution in [0.4, 0.5) is 5.82 Å². The fourth-order valence-electron chi connectivity index (χ4n) is 2.96. The standard InChI is InChI=1S/C20H19N5O2S2/c1-12-9-16(25(3)23-12)21-17(26)11-28-20-22-18-14(19(27)24(20)2)10-15(29-18)13-7-5-4-6-8-13/h4-10H,11H2,1-3H3,(H,21,26). The molecule has 4 rings (SSSR count). The number of nitrogens with one attached hydrogen (secondary N) is 1. The van der Waals surface area contributed by atoms with Crippen LogP contribution in [0.5, 0.6) is 0 Å². The smallest absolute Gasteiger partial charge is 0.262 e. The van der Waals surface area contributed by atoms with E-state index in [2.05, 4.69) is 15.4 Å². The molecule has 1 N–H and O–H groups in total. The summed E-state index contributed by atoms with van der Waals surface area (Å²) in [6.07, 6.45) is 0. The maximum atomic E-state index is 12.8. The first-order chi connectivity index (χ1) is 13.9. The molecule has 0 aliphatic carbocycles. The molecule has 3 heterocycles. The Morgan fingerprint density at radius 3 is 2.66 bits per heavy atom. The van der Waals surface area contributed by atoms with Gasteiger partial charge in [0.2, 0.25) is 5.91 Å². The molecule has 0 spiro atoms. The number of benzene rings is 1. The number of anilines is 1. The molecule has 0 fully saturated rings. The number of carbonyl (C=O) groups excluding carboxylic acids is 1. The van der Waals surface area contributed by atoms with Gasteiger partial charge in [0, 0.05) is 25.0 Å².